The molecule has 0 aliphatic rings. The molecule has 0 atom stereocenters. The van der Waals surface area contributed by atoms with E-state index in [2.05, 4.69) is 13.2 Å². The molecule has 0 N–H and O–H groups in total. The van der Waals surface area contributed by atoms with Crippen LogP contribution in [-0.4, -0.2) is 24.5 Å². The van der Waals surface area contributed by atoms with E-state index in [1.54, 1.807) is 43.3 Å². The van der Waals surface area contributed by atoms with Crippen LogP contribution in [0.25, 0.3) is 11.1 Å². The summed E-state index contributed by atoms with van der Waals surface area (Å²) in [6, 6.07) is 21.0. The van der Waals surface area contributed by atoms with Gasteiger partial charge in [-0.05, 0) is 60.0 Å². The molecule has 34 heavy (non-hydrogen) atoms. The highest BCUT2D eigenvalue weighted by Crippen LogP contribution is 2.23. The molecule has 0 fully saturated rings. The Labute approximate surface area is 198 Å². The van der Waals surface area contributed by atoms with E-state index in [4.69, 9.17) is 14.2 Å². The van der Waals surface area contributed by atoms with Crippen molar-refractivity contribution in [3.63, 3.8) is 0 Å². The minimum absolute atomic E-state index is 0.250. The molecule has 3 aromatic carbocycles. The summed E-state index contributed by atoms with van der Waals surface area (Å²) in [6.07, 6.45) is 1.65. The van der Waals surface area contributed by atoms with E-state index in [9.17, 15) is 14.4 Å². The van der Waals surface area contributed by atoms with Crippen LogP contribution in [0.15, 0.2) is 97.6 Å². The van der Waals surface area contributed by atoms with Crippen molar-refractivity contribution >= 4 is 17.9 Å². The quantitative estimate of drug-likeness (QED) is 0.246. The van der Waals surface area contributed by atoms with Crippen LogP contribution in [0.1, 0.15) is 22.8 Å². The molecular weight excluding hydrogens is 432 g/mol. The average Bonchev–Trinajstić information content (AvgIpc) is 2.85. The van der Waals surface area contributed by atoms with Crippen LogP contribution in [0.3, 0.4) is 0 Å². The van der Waals surface area contributed by atoms with Gasteiger partial charge in [-0.2, -0.15) is 0 Å². The van der Waals surface area contributed by atoms with Crippen LogP contribution in [-0.2, 0) is 20.7 Å². The highest BCUT2D eigenvalue weighted by atomic mass is 16.5. The molecule has 0 heterocycles. The molecule has 0 aliphatic carbocycles. The summed E-state index contributed by atoms with van der Waals surface area (Å²) in [7, 11) is 0. The number of hydrogen-bond donors (Lipinski definition) is 0. The van der Waals surface area contributed by atoms with Gasteiger partial charge in [-0.1, -0.05) is 49.6 Å². The maximum absolute atomic E-state index is 12.5. The SMILES string of the molecule is C=CC(=O)Oc1ccc(-c2ccc(C(=O)Oc3ccc(CCOC(=O)C(=C)C)cc3)cc2)cc1. The zero-order valence-electron chi connectivity index (χ0n) is 18.8. The molecular formula is C28H24O6. The van der Waals surface area contributed by atoms with Crippen molar-refractivity contribution in [2.45, 2.75) is 13.3 Å². The zero-order chi connectivity index (χ0) is 24.5. The van der Waals surface area contributed by atoms with Gasteiger partial charge in [0.15, 0.2) is 0 Å². The standard InChI is InChI=1S/C28H24O6/c1-4-26(29)33-24-15-11-22(12-16-24)21-7-9-23(10-8-21)28(31)34-25-13-5-20(6-14-25)17-18-32-27(30)19(2)3/h4-16H,1-2,17-18H2,3H3. The summed E-state index contributed by atoms with van der Waals surface area (Å²) < 4.78 is 15.6. The molecule has 3 rings (SSSR count). The zero-order valence-corrected chi connectivity index (χ0v) is 18.8. The first-order valence-corrected chi connectivity index (χ1v) is 10.5. The van der Waals surface area contributed by atoms with E-state index >= 15 is 0 Å². The van der Waals surface area contributed by atoms with E-state index in [1.807, 2.05) is 36.4 Å². The van der Waals surface area contributed by atoms with Crippen molar-refractivity contribution in [3.05, 3.63) is 109 Å². The fourth-order valence-electron chi connectivity index (χ4n) is 2.95. The predicted molar refractivity (Wildman–Crippen MR) is 129 cm³/mol. The predicted octanol–water partition coefficient (Wildman–Crippen LogP) is 5.33. The van der Waals surface area contributed by atoms with E-state index in [0.29, 0.717) is 29.1 Å². The van der Waals surface area contributed by atoms with Crippen LogP contribution in [0.5, 0.6) is 11.5 Å². The lowest BCUT2D eigenvalue weighted by molar-refractivity contribution is -0.138. The smallest absolute Gasteiger partial charge is 0.343 e. The van der Waals surface area contributed by atoms with Crippen molar-refractivity contribution in [1.82, 2.24) is 0 Å². The molecule has 0 spiro atoms. The highest BCUT2D eigenvalue weighted by Gasteiger charge is 2.10. The third kappa shape index (κ3) is 6.77. The van der Waals surface area contributed by atoms with Crippen molar-refractivity contribution < 1.29 is 28.6 Å². The third-order valence-electron chi connectivity index (χ3n) is 4.80. The van der Waals surface area contributed by atoms with Gasteiger partial charge in [-0.15, -0.1) is 0 Å². The fourth-order valence-corrected chi connectivity index (χ4v) is 2.95. The molecule has 3 aromatic rings. The lowest BCUT2D eigenvalue weighted by Gasteiger charge is -2.08. The van der Waals surface area contributed by atoms with Gasteiger partial charge in [0.2, 0.25) is 0 Å². The minimum Gasteiger partial charge on any atom is -0.462 e. The molecule has 6 nitrogen and oxygen atoms in total. The summed E-state index contributed by atoms with van der Waals surface area (Å²) in [5.41, 5.74) is 3.53. The second kappa shape index (κ2) is 11.4. The molecule has 0 bridgehead atoms. The van der Waals surface area contributed by atoms with Gasteiger partial charge in [-0.3, -0.25) is 0 Å². The number of rotatable bonds is 9. The van der Waals surface area contributed by atoms with Crippen LogP contribution < -0.4 is 9.47 Å². The van der Waals surface area contributed by atoms with Gasteiger partial charge < -0.3 is 14.2 Å². The van der Waals surface area contributed by atoms with Gasteiger partial charge in [0.1, 0.15) is 11.5 Å². The maximum Gasteiger partial charge on any atom is 0.343 e. The maximum atomic E-state index is 12.5. The topological polar surface area (TPSA) is 78.9 Å². The summed E-state index contributed by atoms with van der Waals surface area (Å²) in [5.74, 6) is -0.563. The fraction of sp³-hybridized carbons (Fsp3) is 0.107. The van der Waals surface area contributed by atoms with Gasteiger partial charge in [-0.25, -0.2) is 14.4 Å². The molecule has 0 aliphatic heterocycles. The lowest BCUT2D eigenvalue weighted by atomic mass is 10.0. The summed E-state index contributed by atoms with van der Waals surface area (Å²) >= 11 is 0. The Morgan fingerprint density at radius 1 is 0.794 bits per heavy atom. The minimum atomic E-state index is -0.519. The van der Waals surface area contributed by atoms with E-state index < -0.39 is 17.9 Å². The molecule has 0 aromatic heterocycles. The first-order valence-electron chi connectivity index (χ1n) is 10.5. The van der Waals surface area contributed by atoms with Gasteiger partial charge in [0, 0.05) is 18.1 Å². The van der Waals surface area contributed by atoms with Crippen molar-refractivity contribution in [2.24, 2.45) is 0 Å². The highest BCUT2D eigenvalue weighted by molar-refractivity contribution is 5.91. The molecule has 0 unspecified atom stereocenters. The molecule has 0 amide bonds. The monoisotopic (exact) mass is 456 g/mol. The Morgan fingerprint density at radius 3 is 1.88 bits per heavy atom. The van der Waals surface area contributed by atoms with E-state index in [-0.39, 0.29) is 6.61 Å². The third-order valence-corrected chi connectivity index (χ3v) is 4.80. The summed E-state index contributed by atoms with van der Waals surface area (Å²) in [5, 5.41) is 0. The molecule has 6 heteroatoms. The number of ether oxygens (including phenoxy) is 3. The Hall–Kier alpha value is -4.45. The normalized spacial score (nSPS) is 10.1. The van der Waals surface area contributed by atoms with E-state index in [0.717, 1.165) is 22.8 Å². The van der Waals surface area contributed by atoms with Crippen LogP contribution in [0.2, 0.25) is 0 Å². The van der Waals surface area contributed by atoms with Crippen LogP contribution in [0.4, 0.5) is 0 Å². The molecule has 0 radical (unpaired) electrons. The van der Waals surface area contributed by atoms with Crippen LogP contribution >= 0.6 is 0 Å². The largest absolute Gasteiger partial charge is 0.462 e. The van der Waals surface area contributed by atoms with Crippen molar-refractivity contribution in [2.75, 3.05) is 6.61 Å². The Bertz CT molecular complexity index is 1190. The van der Waals surface area contributed by atoms with E-state index in [1.165, 1.54) is 0 Å². The molecule has 172 valence electrons. The van der Waals surface area contributed by atoms with Crippen molar-refractivity contribution in [1.29, 1.82) is 0 Å². The molecule has 0 saturated carbocycles. The Morgan fingerprint density at radius 2 is 1.32 bits per heavy atom. The Kier molecular flexibility index (Phi) is 8.13. The Balaban J connectivity index is 1.55. The first-order chi connectivity index (χ1) is 16.4. The van der Waals surface area contributed by atoms with Gasteiger partial charge >= 0.3 is 17.9 Å². The summed E-state index contributed by atoms with van der Waals surface area (Å²) in [4.78, 5) is 35.2. The number of carbonyl (C=O) groups excluding carboxylic acids is 3. The average molecular weight is 456 g/mol. The molecule has 0 saturated heterocycles. The first kappa shape index (κ1) is 24.2. The second-order valence-corrected chi connectivity index (χ2v) is 7.43. The number of hydrogen-bond acceptors (Lipinski definition) is 6. The summed E-state index contributed by atoms with van der Waals surface area (Å²) in [6.45, 7) is 8.75. The second-order valence-electron chi connectivity index (χ2n) is 7.43. The van der Waals surface area contributed by atoms with Crippen LogP contribution in [0, 0.1) is 0 Å². The van der Waals surface area contributed by atoms with Crippen molar-refractivity contribution in [3.8, 4) is 22.6 Å². The number of carbonyl (C=O) groups is 3. The van der Waals surface area contributed by atoms with Gasteiger partial charge in [0.25, 0.3) is 0 Å². The lowest BCUT2D eigenvalue weighted by Crippen LogP contribution is -2.09. The number of esters is 3. The number of benzene rings is 3. The van der Waals surface area contributed by atoms with Gasteiger partial charge in [0.05, 0.1) is 12.2 Å².